The lowest BCUT2D eigenvalue weighted by Crippen LogP contribution is -2.44. The first-order valence-electron chi connectivity index (χ1n) is 7.75. The van der Waals surface area contributed by atoms with Crippen LogP contribution in [0, 0.1) is 5.92 Å². The molecule has 0 spiro atoms. The van der Waals surface area contributed by atoms with Gasteiger partial charge in [-0.05, 0) is 36.6 Å². The number of ether oxygens (including phenoxy) is 2. The monoisotopic (exact) mass is 316 g/mol. The largest absolute Gasteiger partial charge is 0.454 e. The van der Waals surface area contributed by atoms with E-state index < -0.39 is 0 Å². The first-order valence-corrected chi connectivity index (χ1v) is 7.75. The maximum Gasteiger partial charge on any atom is 0.246 e. The molecule has 0 bridgehead atoms. The number of rotatable bonds is 3. The highest BCUT2D eigenvalue weighted by Crippen LogP contribution is 2.32. The van der Waals surface area contributed by atoms with Crippen molar-refractivity contribution in [2.24, 2.45) is 5.92 Å². The molecule has 6 nitrogen and oxygen atoms in total. The van der Waals surface area contributed by atoms with Crippen LogP contribution in [0.2, 0.25) is 0 Å². The number of carbonyl (C=O) groups is 2. The van der Waals surface area contributed by atoms with Crippen LogP contribution in [0.1, 0.15) is 18.4 Å². The van der Waals surface area contributed by atoms with E-state index in [0.29, 0.717) is 18.8 Å². The highest BCUT2D eigenvalue weighted by atomic mass is 16.7. The highest BCUT2D eigenvalue weighted by molar-refractivity contribution is 5.92. The Morgan fingerprint density at radius 3 is 2.96 bits per heavy atom. The van der Waals surface area contributed by atoms with E-state index in [9.17, 15) is 9.59 Å². The predicted octanol–water partition coefficient (Wildman–Crippen LogP) is 1.41. The van der Waals surface area contributed by atoms with E-state index in [1.807, 2.05) is 18.2 Å². The van der Waals surface area contributed by atoms with Gasteiger partial charge in [-0.15, -0.1) is 0 Å². The van der Waals surface area contributed by atoms with Gasteiger partial charge in [0, 0.05) is 26.2 Å². The van der Waals surface area contributed by atoms with Crippen LogP contribution in [0.4, 0.5) is 0 Å². The van der Waals surface area contributed by atoms with Gasteiger partial charge in [0.2, 0.25) is 18.6 Å². The van der Waals surface area contributed by atoms with Gasteiger partial charge < -0.3 is 19.7 Å². The number of piperidine rings is 1. The maximum absolute atomic E-state index is 12.3. The average Bonchev–Trinajstić information content (AvgIpc) is 3.06. The second-order valence-electron chi connectivity index (χ2n) is 5.68. The van der Waals surface area contributed by atoms with Gasteiger partial charge in [-0.25, -0.2) is 0 Å². The Morgan fingerprint density at radius 1 is 1.30 bits per heavy atom. The number of hydrogen-bond acceptors (Lipinski definition) is 4. The van der Waals surface area contributed by atoms with E-state index in [-0.39, 0.29) is 24.5 Å². The van der Waals surface area contributed by atoms with Crippen molar-refractivity contribution in [3.8, 4) is 11.5 Å². The molecule has 1 N–H and O–H groups in total. The standard InChI is InChI=1S/C17H20N2O4/c1-18-17(21)13-3-2-8-19(10-13)16(20)7-5-12-4-6-14-15(9-12)23-11-22-14/h4-7,9,13H,2-3,8,10-11H2,1H3,(H,18,21). The van der Waals surface area contributed by atoms with Crippen LogP contribution in [0.25, 0.3) is 6.08 Å². The summed E-state index contributed by atoms with van der Waals surface area (Å²) in [5.74, 6) is 1.23. The summed E-state index contributed by atoms with van der Waals surface area (Å²) in [4.78, 5) is 25.8. The van der Waals surface area contributed by atoms with Crippen LogP contribution >= 0.6 is 0 Å². The molecule has 0 aromatic heterocycles. The zero-order valence-corrected chi connectivity index (χ0v) is 13.1. The highest BCUT2D eigenvalue weighted by Gasteiger charge is 2.26. The quantitative estimate of drug-likeness (QED) is 0.856. The van der Waals surface area contributed by atoms with Gasteiger partial charge in [-0.3, -0.25) is 9.59 Å². The van der Waals surface area contributed by atoms with E-state index in [0.717, 1.165) is 24.2 Å². The topological polar surface area (TPSA) is 67.9 Å². The van der Waals surface area contributed by atoms with Gasteiger partial charge in [0.25, 0.3) is 0 Å². The Morgan fingerprint density at radius 2 is 2.13 bits per heavy atom. The molecule has 1 atom stereocenters. The summed E-state index contributed by atoms with van der Waals surface area (Å²) in [5, 5.41) is 2.66. The van der Waals surface area contributed by atoms with Crippen LogP contribution in [0.3, 0.4) is 0 Å². The molecule has 1 aromatic rings. The van der Waals surface area contributed by atoms with Gasteiger partial charge >= 0.3 is 0 Å². The van der Waals surface area contributed by atoms with E-state index in [4.69, 9.17) is 9.47 Å². The van der Waals surface area contributed by atoms with Gasteiger partial charge in [-0.2, -0.15) is 0 Å². The zero-order chi connectivity index (χ0) is 16.2. The molecular formula is C17H20N2O4. The fourth-order valence-corrected chi connectivity index (χ4v) is 2.89. The molecule has 6 heteroatoms. The number of nitrogens with zero attached hydrogens (tertiary/aromatic N) is 1. The first kappa shape index (κ1) is 15.4. The summed E-state index contributed by atoms with van der Waals surface area (Å²) in [7, 11) is 1.63. The van der Waals surface area contributed by atoms with Crippen LogP contribution < -0.4 is 14.8 Å². The minimum absolute atomic E-state index is 0.00208. The molecule has 0 saturated carbocycles. The fraction of sp³-hybridized carbons (Fsp3) is 0.412. The number of benzene rings is 1. The lowest BCUT2D eigenvalue weighted by atomic mass is 9.97. The summed E-state index contributed by atoms with van der Waals surface area (Å²) in [6.45, 7) is 1.40. The van der Waals surface area contributed by atoms with Crippen LogP contribution in [-0.2, 0) is 9.59 Å². The predicted molar refractivity (Wildman–Crippen MR) is 85.0 cm³/mol. The van der Waals surface area contributed by atoms with Crippen molar-refractivity contribution in [2.75, 3.05) is 26.9 Å². The SMILES string of the molecule is CNC(=O)C1CCCN(C(=O)C=Cc2ccc3c(c2)OCO3)C1. The molecule has 2 amide bonds. The maximum atomic E-state index is 12.3. The van der Waals surface area contributed by atoms with Crippen molar-refractivity contribution in [1.82, 2.24) is 10.2 Å². The Kier molecular flexibility index (Phi) is 4.50. The third-order valence-electron chi connectivity index (χ3n) is 4.17. The van der Waals surface area contributed by atoms with Crippen molar-refractivity contribution in [1.29, 1.82) is 0 Å². The van der Waals surface area contributed by atoms with Crippen LogP contribution in [0.5, 0.6) is 11.5 Å². The number of nitrogens with one attached hydrogen (secondary N) is 1. The average molecular weight is 316 g/mol. The summed E-state index contributed by atoms with van der Waals surface area (Å²) in [6, 6.07) is 5.55. The third-order valence-corrected chi connectivity index (χ3v) is 4.17. The number of amides is 2. The molecule has 0 radical (unpaired) electrons. The third kappa shape index (κ3) is 3.47. The molecule has 2 aliphatic rings. The van der Waals surface area contributed by atoms with Crippen molar-refractivity contribution < 1.29 is 19.1 Å². The first-order chi connectivity index (χ1) is 11.2. The lowest BCUT2D eigenvalue weighted by Gasteiger charge is -2.31. The molecule has 1 aromatic carbocycles. The van der Waals surface area contributed by atoms with E-state index in [1.165, 1.54) is 0 Å². The Labute approximate surface area is 135 Å². The molecular weight excluding hydrogens is 296 g/mol. The van der Waals surface area contributed by atoms with Crippen LogP contribution in [-0.4, -0.2) is 43.6 Å². The van der Waals surface area contributed by atoms with Gasteiger partial charge in [-0.1, -0.05) is 6.07 Å². The Balaban J connectivity index is 1.63. The van der Waals surface area contributed by atoms with Gasteiger partial charge in [0.1, 0.15) is 0 Å². The molecule has 23 heavy (non-hydrogen) atoms. The fourth-order valence-electron chi connectivity index (χ4n) is 2.89. The van der Waals surface area contributed by atoms with Gasteiger partial charge in [0.05, 0.1) is 5.92 Å². The summed E-state index contributed by atoms with van der Waals surface area (Å²) in [5.41, 5.74) is 0.877. The van der Waals surface area contributed by atoms with Gasteiger partial charge in [0.15, 0.2) is 11.5 Å². The molecule has 1 saturated heterocycles. The normalized spacial score (nSPS) is 19.9. The molecule has 122 valence electrons. The minimum Gasteiger partial charge on any atom is -0.454 e. The second kappa shape index (κ2) is 6.73. The Bertz CT molecular complexity index is 641. The number of fused-ring (bicyclic) bond motifs is 1. The van der Waals surface area contributed by atoms with Crippen molar-refractivity contribution >= 4 is 17.9 Å². The number of hydrogen-bond donors (Lipinski definition) is 1. The second-order valence-corrected chi connectivity index (χ2v) is 5.68. The van der Waals surface area contributed by atoms with Crippen molar-refractivity contribution in [2.45, 2.75) is 12.8 Å². The molecule has 2 heterocycles. The smallest absolute Gasteiger partial charge is 0.246 e. The summed E-state index contributed by atoms with van der Waals surface area (Å²) in [6.07, 6.45) is 4.98. The zero-order valence-electron chi connectivity index (χ0n) is 13.1. The lowest BCUT2D eigenvalue weighted by molar-refractivity contribution is -0.131. The number of likely N-dealkylation sites (tertiary alicyclic amines) is 1. The summed E-state index contributed by atoms with van der Waals surface area (Å²) >= 11 is 0. The summed E-state index contributed by atoms with van der Waals surface area (Å²) < 4.78 is 10.6. The molecule has 1 unspecified atom stereocenters. The van der Waals surface area contributed by atoms with E-state index in [2.05, 4.69) is 5.32 Å². The van der Waals surface area contributed by atoms with Crippen molar-refractivity contribution in [3.63, 3.8) is 0 Å². The molecule has 3 rings (SSSR count). The molecule has 0 aliphatic carbocycles. The molecule has 2 aliphatic heterocycles. The van der Waals surface area contributed by atoms with Crippen molar-refractivity contribution in [3.05, 3.63) is 29.8 Å². The minimum atomic E-state index is -0.114. The molecule has 1 fully saturated rings. The Hall–Kier alpha value is -2.50. The van der Waals surface area contributed by atoms with Crippen LogP contribution in [0.15, 0.2) is 24.3 Å². The van der Waals surface area contributed by atoms with E-state index >= 15 is 0 Å². The van der Waals surface area contributed by atoms with E-state index in [1.54, 1.807) is 24.1 Å². The number of carbonyl (C=O) groups excluding carboxylic acids is 2.